The van der Waals surface area contributed by atoms with Crippen LogP contribution in [0.3, 0.4) is 0 Å². The molecule has 2 aromatic rings. The Labute approximate surface area is 154 Å². The number of H-pyrrole nitrogens is 1. The van der Waals surface area contributed by atoms with Crippen LogP contribution in [-0.2, 0) is 14.3 Å². The fourth-order valence-corrected chi connectivity index (χ4v) is 3.72. The van der Waals surface area contributed by atoms with E-state index in [-0.39, 0.29) is 24.7 Å². The summed E-state index contributed by atoms with van der Waals surface area (Å²) in [5.74, 6) is -1.83. The Morgan fingerprint density at radius 2 is 1.96 bits per heavy atom. The van der Waals surface area contributed by atoms with E-state index in [1.807, 2.05) is 0 Å². The number of hydrogen-bond acceptors (Lipinski definition) is 5. The van der Waals surface area contributed by atoms with Crippen LogP contribution in [0.2, 0.25) is 0 Å². The predicted octanol–water partition coefficient (Wildman–Crippen LogP) is 1.35. The number of fused-ring (bicyclic) bond motifs is 3. The van der Waals surface area contributed by atoms with Crippen molar-refractivity contribution in [3.63, 3.8) is 0 Å². The third-order valence-electron chi connectivity index (χ3n) is 5.10. The number of hydrogen-bond donors (Lipinski definition) is 1. The van der Waals surface area contributed by atoms with Crippen molar-refractivity contribution in [2.75, 3.05) is 18.6 Å². The molecule has 27 heavy (non-hydrogen) atoms. The Kier molecular flexibility index (Phi) is 3.83. The summed E-state index contributed by atoms with van der Waals surface area (Å²) in [5.41, 5.74) is -0.520. The van der Waals surface area contributed by atoms with Crippen molar-refractivity contribution in [3.8, 4) is 0 Å². The average Bonchev–Trinajstić information content (AvgIpc) is 3.33. The first-order valence-corrected chi connectivity index (χ1v) is 8.51. The maximum absolute atomic E-state index is 13.0. The van der Waals surface area contributed by atoms with Crippen molar-refractivity contribution >= 4 is 29.3 Å². The van der Waals surface area contributed by atoms with Gasteiger partial charge in [-0.2, -0.15) is 0 Å². The number of carbonyl (C=O) groups is 4. The maximum Gasteiger partial charge on any atom is 0.354 e. The van der Waals surface area contributed by atoms with E-state index in [2.05, 4.69) is 4.98 Å². The summed E-state index contributed by atoms with van der Waals surface area (Å²) >= 11 is 0. The number of likely N-dealkylation sites (N-methyl/N-ethyl adjacent to an activating group) is 1. The molecule has 138 valence electrons. The zero-order chi connectivity index (χ0) is 19.2. The lowest BCUT2D eigenvalue weighted by Gasteiger charge is -2.46. The smallest absolute Gasteiger partial charge is 0.354 e. The highest BCUT2D eigenvalue weighted by atomic mass is 16.5. The molecule has 4 rings (SSSR count). The van der Waals surface area contributed by atoms with Gasteiger partial charge in [-0.1, -0.05) is 12.1 Å². The summed E-state index contributed by atoms with van der Waals surface area (Å²) < 4.78 is 5.26. The van der Waals surface area contributed by atoms with Crippen LogP contribution in [0, 0.1) is 0 Å². The van der Waals surface area contributed by atoms with Gasteiger partial charge in [0.1, 0.15) is 0 Å². The summed E-state index contributed by atoms with van der Waals surface area (Å²) in [7, 11) is 1.47. The minimum Gasteiger partial charge on any atom is -0.454 e. The largest absolute Gasteiger partial charge is 0.454 e. The van der Waals surface area contributed by atoms with Crippen LogP contribution in [0.1, 0.15) is 33.7 Å². The van der Waals surface area contributed by atoms with Crippen LogP contribution in [0.25, 0.3) is 0 Å². The van der Waals surface area contributed by atoms with Gasteiger partial charge in [-0.25, -0.2) is 4.79 Å². The minimum absolute atomic E-state index is 0.103. The maximum atomic E-state index is 13.0. The topological polar surface area (TPSA) is 99.8 Å². The van der Waals surface area contributed by atoms with Crippen molar-refractivity contribution < 1.29 is 23.9 Å². The van der Waals surface area contributed by atoms with Crippen molar-refractivity contribution in [2.24, 2.45) is 0 Å². The number of ether oxygens (including phenoxy) is 1. The van der Waals surface area contributed by atoms with Gasteiger partial charge in [0.2, 0.25) is 17.4 Å². The normalized spacial score (nSPS) is 21.1. The number of para-hydroxylation sites is 1. The molecule has 3 heterocycles. The molecule has 0 bridgehead atoms. The molecule has 1 aromatic heterocycles. The highest BCUT2D eigenvalue weighted by molar-refractivity contribution is 6.15. The number of carbonyl (C=O) groups excluding carboxylic acids is 4. The summed E-state index contributed by atoms with van der Waals surface area (Å²) in [6.45, 7) is -0.479. The van der Waals surface area contributed by atoms with Gasteiger partial charge in [-0.15, -0.1) is 0 Å². The second kappa shape index (κ2) is 6.08. The quantitative estimate of drug-likeness (QED) is 0.649. The van der Waals surface area contributed by atoms with Crippen molar-refractivity contribution in [3.05, 3.63) is 53.9 Å². The van der Waals surface area contributed by atoms with Crippen molar-refractivity contribution in [1.82, 2.24) is 9.88 Å². The number of benzene rings is 1. The number of esters is 1. The molecular weight excluding hydrogens is 350 g/mol. The molecule has 1 aromatic carbocycles. The van der Waals surface area contributed by atoms with Gasteiger partial charge in [-0.3, -0.25) is 19.3 Å². The lowest BCUT2D eigenvalue weighted by molar-refractivity contribution is -0.155. The fourth-order valence-electron chi connectivity index (χ4n) is 3.72. The SMILES string of the molecule is CN1C(=O)c2ccccc2N2C(=O)CCC12C(=O)OCC(=O)c1ccc[nH]1. The molecule has 2 aliphatic rings. The third-order valence-corrected chi connectivity index (χ3v) is 5.10. The van der Waals surface area contributed by atoms with Gasteiger partial charge >= 0.3 is 5.97 Å². The first kappa shape index (κ1) is 17.0. The Balaban J connectivity index is 1.67. The van der Waals surface area contributed by atoms with Crippen LogP contribution in [0.4, 0.5) is 5.69 Å². The highest BCUT2D eigenvalue weighted by Crippen LogP contribution is 2.44. The van der Waals surface area contributed by atoms with Crippen LogP contribution >= 0.6 is 0 Å². The predicted molar refractivity (Wildman–Crippen MR) is 94.1 cm³/mol. The molecule has 2 amide bonds. The van der Waals surface area contributed by atoms with E-state index in [9.17, 15) is 19.2 Å². The number of ketones is 1. The Bertz CT molecular complexity index is 952. The number of rotatable bonds is 4. The van der Waals surface area contributed by atoms with Gasteiger partial charge in [0.15, 0.2) is 6.61 Å². The number of aromatic amines is 1. The van der Waals surface area contributed by atoms with Crippen LogP contribution in [-0.4, -0.2) is 52.8 Å². The molecule has 8 heteroatoms. The molecule has 1 fully saturated rings. The molecule has 2 aliphatic heterocycles. The molecule has 1 saturated heterocycles. The number of amides is 2. The monoisotopic (exact) mass is 367 g/mol. The summed E-state index contributed by atoms with van der Waals surface area (Å²) in [6.07, 6.45) is 1.80. The first-order chi connectivity index (χ1) is 13.0. The molecular formula is C19H17N3O5. The minimum atomic E-state index is -1.57. The Morgan fingerprint density at radius 3 is 2.70 bits per heavy atom. The van der Waals surface area contributed by atoms with Gasteiger partial charge in [0, 0.05) is 26.1 Å². The zero-order valence-corrected chi connectivity index (χ0v) is 14.6. The van der Waals surface area contributed by atoms with E-state index in [0.717, 1.165) is 0 Å². The van der Waals surface area contributed by atoms with Crippen molar-refractivity contribution in [2.45, 2.75) is 18.5 Å². The van der Waals surface area contributed by atoms with Crippen molar-refractivity contribution in [1.29, 1.82) is 0 Å². The van der Waals surface area contributed by atoms with E-state index < -0.39 is 24.0 Å². The lowest BCUT2D eigenvalue weighted by Crippen LogP contribution is -2.67. The molecule has 1 unspecified atom stereocenters. The molecule has 0 aliphatic carbocycles. The van der Waals surface area contributed by atoms with Gasteiger partial charge in [-0.05, 0) is 24.3 Å². The standard InChI is InChI=1S/C19H17N3O5/c1-21-17(25)12-5-2-3-7-14(12)22-16(24)8-9-19(21,22)18(26)27-11-15(23)13-6-4-10-20-13/h2-7,10,20H,8-9,11H2,1H3. The van der Waals surface area contributed by atoms with Crippen LogP contribution in [0.5, 0.6) is 0 Å². The second-order valence-corrected chi connectivity index (χ2v) is 6.51. The molecule has 1 N–H and O–H groups in total. The van der Waals surface area contributed by atoms with Gasteiger partial charge < -0.3 is 14.6 Å². The Morgan fingerprint density at radius 1 is 1.19 bits per heavy atom. The van der Waals surface area contributed by atoms with E-state index in [4.69, 9.17) is 4.74 Å². The third kappa shape index (κ3) is 2.37. The number of nitrogens with one attached hydrogen (secondary N) is 1. The van der Waals surface area contributed by atoms with Gasteiger partial charge in [0.25, 0.3) is 5.91 Å². The Hall–Kier alpha value is -3.42. The molecule has 8 nitrogen and oxygen atoms in total. The number of Topliss-reactive ketones (excluding diaryl/α,β-unsaturated/α-hetero) is 1. The average molecular weight is 367 g/mol. The van der Waals surface area contributed by atoms with Crippen LogP contribution < -0.4 is 4.90 Å². The lowest BCUT2D eigenvalue weighted by atomic mass is 9.97. The summed E-state index contributed by atoms with van der Waals surface area (Å²) in [6, 6.07) is 9.89. The number of aromatic nitrogens is 1. The van der Waals surface area contributed by atoms with E-state index in [1.54, 1.807) is 42.6 Å². The zero-order valence-electron chi connectivity index (χ0n) is 14.6. The first-order valence-electron chi connectivity index (χ1n) is 8.51. The van der Waals surface area contributed by atoms with Gasteiger partial charge in [0.05, 0.1) is 16.9 Å². The fraction of sp³-hybridized carbons (Fsp3) is 0.263. The van der Waals surface area contributed by atoms with E-state index in [1.165, 1.54) is 16.8 Å². The molecule has 0 saturated carbocycles. The van der Waals surface area contributed by atoms with Crippen LogP contribution in [0.15, 0.2) is 42.6 Å². The van der Waals surface area contributed by atoms with E-state index >= 15 is 0 Å². The summed E-state index contributed by atoms with van der Waals surface area (Å²) in [5, 5.41) is 0. The number of nitrogens with zero attached hydrogens (tertiary/aromatic N) is 2. The van der Waals surface area contributed by atoms with E-state index in [0.29, 0.717) is 16.9 Å². The molecule has 0 radical (unpaired) electrons. The molecule has 1 atom stereocenters. The second-order valence-electron chi connectivity index (χ2n) is 6.51. The summed E-state index contributed by atoms with van der Waals surface area (Å²) in [4.78, 5) is 55.8. The number of anilines is 1. The highest BCUT2D eigenvalue weighted by Gasteiger charge is 2.60. The molecule has 0 spiro atoms.